The number of carbonyl (C=O) groups is 2. The molecule has 0 aliphatic heterocycles. The van der Waals surface area contributed by atoms with Crippen LogP contribution in [0.3, 0.4) is 0 Å². The molecule has 0 spiro atoms. The highest BCUT2D eigenvalue weighted by Crippen LogP contribution is 2.31. The lowest BCUT2D eigenvalue weighted by Gasteiger charge is -2.15. The number of aliphatic hydroxyl groups excluding tert-OH is 1. The topological polar surface area (TPSA) is 83.8 Å². The van der Waals surface area contributed by atoms with Gasteiger partial charge in [-0.05, 0) is 50.8 Å². The third-order valence-electron chi connectivity index (χ3n) is 4.43. The van der Waals surface area contributed by atoms with Crippen molar-refractivity contribution in [1.29, 1.82) is 0 Å². The van der Waals surface area contributed by atoms with Crippen LogP contribution in [0.1, 0.15) is 57.4 Å². The van der Waals surface area contributed by atoms with E-state index in [4.69, 9.17) is 9.84 Å². The van der Waals surface area contributed by atoms with E-state index in [-0.39, 0.29) is 30.5 Å². The second kappa shape index (κ2) is 12.9. The minimum absolute atomic E-state index is 0.00968. The van der Waals surface area contributed by atoms with Crippen LogP contribution < -0.4 is 4.74 Å². The van der Waals surface area contributed by atoms with Gasteiger partial charge in [-0.15, -0.1) is 11.8 Å². The number of alkyl halides is 3. The lowest BCUT2D eigenvalue weighted by Crippen LogP contribution is -2.19. The Hall–Kier alpha value is -2.53. The maximum atomic E-state index is 12.7. The van der Waals surface area contributed by atoms with Gasteiger partial charge in [-0.25, -0.2) is 0 Å². The van der Waals surface area contributed by atoms with Crippen molar-refractivity contribution in [3.8, 4) is 17.6 Å². The number of rotatable bonds is 12. The molecule has 166 valence electrons. The van der Waals surface area contributed by atoms with E-state index < -0.39 is 23.8 Å². The molecule has 0 bridgehead atoms. The quantitative estimate of drug-likeness (QED) is 0.379. The van der Waals surface area contributed by atoms with E-state index in [1.807, 2.05) is 0 Å². The number of ketones is 1. The Labute approximate surface area is 174 Å². The summed E-state index contributed by atoms with van der Waals surface area (Å²) in [5, 5.41) is 18.6. The van der Waals surface area contributed by atoms with Crippen LogP contribution in [0, 0.1) is 17.8 Å². The van der Waals surface area contributed by atoms with E-state index in [9.17, 15) is 27.9 Å². The normalized spacial score (nSPS) is 13.1. The summed E-state index contributed by atoms with van der Waals surface area (Å²) in [6.07, 6.45) is -2.56. The first-order valence-corrected chi connectivity index (χ1v) is 9.75. The Bertz CT molecular complexity index is 749. The first-order chi connectivity index (χ1) is 14.1. The molecule has 30 heavy (non-hydrogen) atoms. The molecule has 8 heteroatoms. The number of Topliss-reactive ketones (excluding diaryl/α,β-unsaturated/α-hetero) is 1. The molecule has 0 radical (unpaired) electrons. The summed E-state index contributed by atoms with van der Waals surface area (Å²) in [6.45, 7) is 1.33. The molecule has 1 aromatic carbocycles. The number of carbonyl (C=O) groups excluding carboxylic acids is 1. The number of hydrogen-bond acceptors (Lipinski definition) is 4. The molecule has 0 saturated carbocycles. The zero-order valence-electron chi connectivity index (χ0n) is 16.9. The van der Waals surface area contributed by atoms with Crippen molar-refractivity contribution in [2.45, 2.75) is 64.1 Å². The van der Waals surface area contributed by atoms with Crippen molar-refractivity contribution in [2.24, 2.45) is 5.92 Å². The fraction of sp³-hybridized carbons (Fsp3) is 0.545. The van der Waals surface area contributed by atoms with Crippen LogP contribution in [0.15, 0.2) is 24.3 Å². The van der Waals surface area contributed by atoms with Crippen molar-refractivity contribution >= 4 is 11.8 Å². The van der Waals surface area contributed by atoms with Gasteiger partial charge in [0.2, 0.25) is 0 Å². The molecule has 0 amide bonds. The van der Waals surface area contributed by atoms with Crippen LogP contribution >= 0.6 is 0 Å². The van der Waals surface area contributed by atoms with Gasteiger partial charge in [0.15, 0.2) is 0 Å². The van der Waals surface area contributed by atoms with Crippen LogP contribution in [0.25, 0.3) is 0 Å². The lowest BCUT2D eigenvalue weighted by molar-refractivity contribution is -0.138. The van der Waals surface area contributed by atoms with Gasteiger partial charge in [0.1, 0.15) is 18.1 Å². The minimum Gasteiger partial charge on any atom is -0.491 e. The summed E-state index contributed by atoms with van der Waals surface area (Å²) in [4.78, 5) is 22.1. The van der Waals surface area contributed by atoms with Crippen LogP contribution in [0.5, 0.6) is 5.75 Å². The highest BCUT2D eigenvalue weighted by atomic mass is 19.4. The molecule has 0 saturated heterocycles. The predicted molar refractivity (Wildman–Crippen MR) is 105 cm³/mol. The first kappa shape index (κ1) is 25.5. The molecular weight excluding hydrogens is 401 g/mol. The van der Waals surface area contributed by atoms with Crippen molar-refractivity contribution in [3.05, 3.63) is 29.8 Å². The molecule has 0 heterocycles. The summed E-state index contributed by atoms with van der Waals surface area (Å²) in [5.74, 6) is 4.65. The maximum absolute atomic E-state index is 12.7. The number of hydrogen-bond donors (Lipinski definition) is 2. The largest absolute Gasteiger partial charge is 0.491 e. The minimum atomic E-state index is -4.46. The fourth-order valence-corrected chi connectivity index (χ4v) is 2.70. The number of benzene rings is 1. The molecule has 0 aromatic heterocycles. The highest BCUT2D eigenvalue weighted by Gasteiger charge is 2.30. The summed E-state index contributed by atoms with van der Waals surface area (Å²) < 4.78 is 43.3. The van der Waals surface area contributed by atoms with Crippen LogP contribution in [0.2, 0.25) is 0 Å². The van der Waals surface area contributed by atoms with Gasteiger partial charge < -0.3 is 14.9 Å². The maximum Gasteiger partial charge on any atom is 0.416 e. The van der Waals surface area contributed by atoms with Crippen LogP contribution in [-0.4, -0.2) is 34.7 Å². The predicted octanol–water partition coefficient (Wildman–Crippen LogP) is 4.47. The second-order valence-electron chi connectivity index (χ2n) is 7.03. The molecule has 5 nitrogen and oxygen atoms in total. The second-order valence-corrected chi connectivity index (χ2v) is 7.03. The van der Waals surface area contributed by atoms with Gasteiger partial charge in [0.05, 0.1) is 11.7 Å². The smallest absolute Gasteiger partial charge is 0.416 e. The van der Waals surface area contributed by atoms with E-state index in [1.165, 1.54) is 19.1 Å². The number of aliphatic hydroxyl groups is 1. The van der Waals surface area contributed by atoms with Gasteiger partial charge in [-0.1, -0.05) is 6.07 Å². The number of carboxylic acids is 1. The molecule has 0 fully saturated rings. The monoisotopic (exact) mass is 428 g/mol. The number of carboxylic acid groups (broad SMARTS) is 1. The van der Waals surface area contributed by atoms with Gasteiger partial charge in [-0.2, -0.15) is 13.2 Å². The number of unbranched alkanes of at least 4 members (excludes halogenated alkanes) is 1. The average Bonchev–Trinajstić information content (AvgIpc) is 2.66. The van der Waals surface area contributed by atoms with Crippen LogP contribution in [0.4, 0.5) is 13.2 Å². The van der Waals surface area contributed by atoms with Gasteiger partial charge >= 0.3 is 12.1 Å². The van der Waals surface area contributed by atoms with Gasteiger partial charge in [-0.3, -0.25) is 9.59 Å². The van der Waals surface area contributed by atoms with Crippen molar-refractivity contribution < 1.29 is 37.7 Å². The Balaban J connectivity index is 2.35. The summed E-state index contributed by atoms with van der Waals surface area (Å²) >= 11 is 0. The standard InChI is InChI=1S/C22H27F3O5/c1-16(26)17(8-4-2-3-5-13-21(28)29)9-6-11-19(27)15-30-20-12-7-10-18(14-20)22(23,24)25/h7,10,12,14,17,19,27H,3,5-6,8-9,11,13,15H2,1H3,(H,28,29). The number of aliphatic carboxylic acids is 1. The molecule has 1 rings (SSSR count). The summed E-state index contributed by atoms with van der Waals surface area (Å²) in [5.41, 5.74) is -0.817. The Morgan fingerprint density at radius 2 is 1.90 bits per heavy atom. The van der Waals surface area contributed by atoms with Gasteiger partial charge in [0, 0.05) is 25.2 Å². The molecule has 0 aliphatic rings. The molecule has 2 atom stereocenters. The van der Waals surface area contributed by atoms with Crippen molar-refractivity contribution in [3.63, 3.8) is 0 Å². The van der Waals surface area contributed by atoms with E-state index in [0.29, 0.717) is 38.5 Å². The zero-order valence-corrected chi connectivity index (χ0v) is 16.9. The molecular formula is C22H27F3O5. The fourth-order valence-electron chi connectivity index (χ4n) is 2.70. The average molecular weight is 428 g/mol. The van der Waals surface area contributed by atoms with Crippen LogP contribution in [-0.2, 0) is 15.8 Å². The van der Waals surface area contributed by atoms with Crippen molar-refractivity contribution in [2.75, 3.05) is 6.61 Å². The highest BCUT2D eigenvalue weighted by molar-refractivity contribution is 5.78. The van der Waals surface area contributed by atoms with Gasteiger partial charge in [0.25, 0.3) is 0 Å². The Morgan fingerprint density at radius 3 is 2.53 bits per heavy atom. The Kier molecular flexibility index (Phi) is 11.0. The lowest BCUT2D eigenvalue weighted by atomic mass is 9.94. The molecule has 2 unspecified atom stereocenters. The third-order valence-corrected chi connectivity index (χ3v) is 4.43. The Morgan fingerprint density at radius 1 is 1.17 bits per heavy atom. The molecule has 2 N–H and O–H groups in total. The van der Waals surface area contributed by atoms with E-state index >= 15 is 0 Å². The zero-order chi connectivity index (χ0) is 22.6. The van der Waals surface area contributed by atoms with E-state index in [2.05, 4.69) is 11.8 Å². The third kappa shape index (κ3) is 10.9. The summed E-state index contributed by atoms with van der Waals surface area (Å²) in [7, 11) is 0. The SMILES string of the molecule is CC(=O)C(CC#CCCCC(=O)O)CCCC(O)COc1cccc(C(F)(F)F)c1. The first-order valence-electron chi connectivity index (χ1n) is 9.75. The molecule has 1 aromatic rings. The summed E-state index contributed by atoms with van der Waals surface area (Å²) in [6, 6.07) is 4.46. The van der Waals surface area contributed by atoms with Crippen molar-refractivity contribution in [1.82, 2.24) is 0 Å². The van der Waals surface area contributed by atoms with E-state index in [0.717, 1.165) is 12.1 Å². The number of ether oxygens (including phenoxy) is 1. The number of halogens is 3. The van der Waals surface area contributed by atoms with E-state index in [1.54, 1.807) is 0 Å². The molecule has 0 aliphatic carbocycles.